The lowest BCUT2D eigenvalue weighted by Gasteiger charge is -2.29. The second-order valence-electron chi connectivity index (χ2n) is 3.98. The Balaban J connectivity index is 3.20. The van der Waals surface area contributed by atoms with Crippen LogP contribution in [0, 0.1) is 21.4 Å². The summed E-state index contributed by atoms with van der Waals surface area (Å²) in [5, 5.41) is 49.6. The molecule has 102 valence electrons. The lowest BCUT2D eigenvalue weighted by atomic mass is 10.0. The lowest BCUT2D eigenvalue weighted by Crippen LogP contribution is -2.49. The van der Waals surface area contributed by atoms with Crippen LogP contribution in [0.25, 0.3) is 0 Å². The normalized spacial score (nSPS) is 10.8. The largest absolute Gasteiger partial charge is 0.394 e. The van der Waals surface area contributed by atoms with E-state index < -0.39 is 30.3 Å². The van der Waals surface area contributed by atoms with Crippen molar-refractivity contribution in [3.05, 3.63) is 33.9 Å². The Bertz CT molecular complexity index is 499. The molecule has 8 heteroatoms. The summed E-state index contributed by atoms with van der Waals surface area (Å²) in [7, 11) is 0. The number of aliphatic hydroxyl groups excluding tert-OH is 3. The van der Waals surface area contributed by atoms with Gasteiger partial charge < -0.3 is 20.6 Å². The van der Waals surface area contributed by atoms with Gasteiger partial charge in [0.05, 0.1) is 36.4 Å². The van der Waals surface area contributed by atoms with Crippen LogP contribution in [0.15, 0.2) is 18.2 Å². The van der Waals surface area contributed by atoms with Gasteiger partial charge >= 0.3 is 0 Å². The van der Waals surface area contributed by atoms with Gasteiger partial charge in [-0.3, -0.25) is 10.1 Å². The molecule has 0 aliphatic rings. The van der Waals surface area contributed by atoms with Gasteiger partial charge in [-0.15, -0.1) is 0 Å². The van der Waals surface area contributed by atoms with Gasteiger partial charge in [-0.1, -0.05) is 0 Å². The Labute approximate surface area is 108 Å². The minimum Gasteiger partial charge on any atom is -0.394 e. The summed E-state index contributed by atoms with van der Waals surface area (Å²) in [6.45, 7) is -1.84. The van der Waals surface area contributed by atoms with Crippen LogP contribution < -0.4 is 5.32 Å². The highest BCUT2D eigenvalue weighted by Gasteiger charge is 2.30. The maximum absolute atomic E-state index is 10.9. The molecule has 0 amide bonds. The summed E-state index contributed by atoms with van der Waals surface area (Å²) in [5.74, 6) is 0. The number of nitro groups is 1. The zero-order valence-corrected chi connectivity index (χ0v) is 9.91. The van der Waals surface area contributed by atoms with E-state index in [1.54, 1.807) is 6.07 Å². The highest BCUT2D eigenvalue weighted by molar-refractivity contribution is 5.65. The number of anilines is 1. The predicted molar refractivity (Wildman–Crippen MR) is 65.4 cm³/mol. The molecule has 0 fully saturated rings. The molecular weight excluding hydrogens is 254 g/mol. The minimum absolute atomic E-state index is 0.00106. The van der Waals surface area contributed by atoms with Crippen molar-refractivity contribution < 1.29 is 20.2 Å². The first-order valence-electron chi connectivity index (χ1n) is 5.31. The maximum Gasteiger partial charge on any atom is 0.293 e. The van der Waals surface area contributed by atoms with E-state index in [0.29, 0.717) is 0 Å². The van der Waals surface area contributed by atoms with E-state index in [4.69, 9.17) is 20.6 Å². The van der Waals surface area contributed by atoms with E-state index >= 15 is 0 Å². The molecule has 0 saturated carbocycles. The van der Waals surface area contributed by atoms with E-state index in [0.717, 1.165) is 6.07 Å². The summed E-state index contributed by atoms with van der Waals surface area (Å²) in [6.07, 6.45) is 0. The van der Waals surface area contributed by atoms with Gasteiger partial charge in [0.1, 0.15) is 11.2 Å². The molecule has 0 spiro atoms. The van der Waals surface area contributed by atoms with Gasteiger partial charge in [0.25, 0.3) is 5.69 Å². The van der Waals surface area contributed by atoms with Crippen molar-refractivity contribution in [1.82, 2.24) is 0 Å². The van der Waals surface area contributed by atoms with Crippen LogP contribution in [0.5, 0.6) is 0 Å². The number of rotatable bonds is 6. The van der Waals surface area contributed by atoms with E-state index in [9.17, 15) is 10.1 Å². The van der Waals surface area contributed by atoms with Crippen molar-refractivity contribution in [1.29, 1.82) is 5.26 Å². The number of hydrogen-bond acceptors (Lipinski definition) is 7. The predicted octanol–water partition coefficient (Wildman–Crippen LogP) is -0.406. The fraction of sp³-hybridized carbons (Fsp3) is 0.364. The number of aliphatic hydroxyl groups is 3. The van der Waals surface area contributed by atoms with Gasteiger partial charge in [-0.05, 0) is 12.1 Å². The van der Waals surface area contributed by atoms with Gasteiger partial charge in [-0.2, -0.15) is 5.26 Å². The second-order valence-corrected chi connectivity index (χ2v) is 3.98. The molecule has 0 radical (unpaired) electrons. The van der Waals surface area contributed by atoms with Crippen LogP contribution in [0.4, 0.5) is 11.4 Å². The molecule has 0 unspecified atom stereocenters. The molecule has 8 nitrogen and oxygen atoms in total. The standard InChI is InChI=1S/C11H13N3O5/c12-4-8-1-2-9(10(3-8)14(18)19)13-11(5-15,6-16)7-17/h1-3,13,15-17H,5-7H2. The average molecular weight is 267 g/mol. The molecule has 4 N–H and O–H groups in total. The zero-order valence-electron chi connectivity index (χ0n) is 9.91. The number of nitrogens with one attached hydrogen (secondary N) is 1. The molecule has 0 aliphatic heterocycles. The first-order valence-corrected chi connectivity index (χ1v) is 5.31. The maximum atomic E-state index is 10.9. The summed E-state index contributed by atoms with van der Waals surface area (Å²) in [4.78, 5) is 10.2. The van der Waals surface area contributed by atoms with Gasteiger partial charge in [-0.25, -0.2) is 0 Å². The number of nitriles is 1. The fourth-order valence-electron chi connectivity index (χ4n) is 1.41. The smallest absolute Gasteiger partial charge is 0.293 e. The van der Waals surface area contributed by atoms with E-state index in [-0.39, 0.29) is 16.9 Å². The molecule has 1 aromatic rings. The van der Waals surface area contributed by atoms with Crippen molar-refractivity contribution in [2.45, 2.75) is 5.54 Å². The minimum atomic E-state index is -1.47. The van der Waals surface area contributed by atoms with Crippen molar-refractivity contribution in [2.24, 2.45) is 0 Å². The second kappa shape index (κ2) is 6.10. The third kappa shape index (κ3) is 3.17. The van der Waals surface area contributed by atoms with Crippen LogP contribution in [-0.2, 0) is 0 Å². The van der Waals surface area contributed by atoms with Crippen LogP contribution >= 0.6 is 0 Å². The fourth-order valence-corrected chi connectivity index (χ4v) is 1.41. The highest BCUT2D eigenvalue weighted by atomic mass is 16.6. The van der Waals surface area contributed by atoms with Gasteiger partial charge in [0, 0.05) is 6.07 Å². The number of nitro benzene ring substituents is 1. The molecule has 0 bridgehead atoms. The van der Waals surface area contributed by atoms with Gasteiger partial charge in [0.15, 0.2) is 0 Å². The Morgan fingerprint density at radius 2 is 1.89 bits per heavy atom. The molecule has 1 aromatic carbocycles. The molecule has 0 aliphatic carbocycles. The van der Waals surface area contributed by atoms with Gasteiger partial charge in [0.2, 0.25) is 0 Å². The summed E-state index contributed by atoms with van der Waals surface area (Å²) >= 11 is 0. The number of benzene rings is 1. The summed E-state index contributed by atoms with van der Waals surface area (Å²) < 4.78 is 0. The molecule has 1 rings (SSSR count). The van der Waals surface area contributed by atoms with Crippen LogP contribution in [-0.4, -0.2) is 45.6 Å². The molecule has 0 atom stereocenters. The SMILES string of the molecule is N#Cc1ccc(NC(CO)(CO)CO)c([N+](=O)[O-])c1. The Hall–Kier alpha value is -2.21. The van der Waals surface area contributed by atoms with E-state index in [2.05, 4.69) is 5.32 Å². The van der Waals surface area contributed by atoms with Crippen LogP contribution in [0.1, 0.15) is 5.56 Å². The van der Waals surface area contributed by atoms with E-state index in [1.807, 2.05) is 0 Å². The zero-order chi connectivity index (χ0) is 14.5. The van der Waals surface area contributed by atoms with Crippen LogP contribution in [0.2, 0.25) is 0 Å². The summed E-state index contributed by atoms with van der Waals surface area (Å²) in [5.41, 5.74) is -1.74. The number of hydrogen-bond donors (Lipinski definition) is 4. The van der Waals surface area contributed by atoms with Crippen LogP contribution in [0.3, 0.4) is 0 Å². The van der Waals surface area contributed by atoms with Crippen molar-refractivity contribution in [2.75, 3.05) is 25.1 Å². The molecule has 0 saturated heterocycles. The number of nitrogens with zero attached hydrogens (tertiary/aromatic N) is 2. The first kappa shape index (κ1) is 14.8. The van der Waals surface area contributed by atoms with Crippen molar-refractivity contribution in [3.8, 4) is 6.07 Å². The molecular formula is C11H13N3O5. The van der Waals surface area contributed by atoms with Crippen molar-refractivity contribution in [3.63, 3.8) is 0 Å². The Kier molecular flexibility index (Phi) is 4.77. The Morgan fingerprint density at radius 3 is 2.32 bits per heavy atom. The lowest BCUT2D eigenvalue weighted by molar-refractivity contribution is -0.384. The molecule has 0 heterocycles. The molecule has 0 aromatic heterocycles. The van der Waals surface area contributed by atoms with E-state index in [1.165, 1.54) is 12.1 Å². The van der Waals surface area contributed by atoms with Crippen molar-refractivity contribution >= 4 is 11.4 Å². The Morgan fingerprint density at radius 1 is 1.32 bits per heavy atom. The topological polar surface area (TPSA) is 140 Å². The summed E-state index contributed by atoms with van der Waals surface area (Å²) in [6, 6.07) is 5.48. The third-order valence-corrected chi connectivity index (χ3v) is 2.63. The molecule has 19 heavy (non-hydrogen) atoms. The first-order chi connectivity index (χ1) is 9.01. The quantitative estimate of drug-likeness (QED) is 0.406. The average Bonchev–Trinajstić information content (AvgIpc) is 2.45. The highest BCUT2D eigenvalue weighted by Crippen LogP contribution is 2.28. The monoisotopic (exact) mass is 267 g/mol. The third-order valence-electron chi connectivity index (χ3n) is 2.63.